The molecule has 0 amide bonds. The standard InChI is InChI=1S/C23H17N5O3/c29-22-18(12-7-13-21(22)28(30)31)15-24-27-23-25-19(16-8-3-1-4-9-16)14-20(26-23)17-10-5-2-6-11-17/h1-15,29H,(H,25,26,27)/b24-15+. The second kappa shape index (κ2) is 8.83. The summed E-state index contributed by atoms with van der Waals surface area (Å²) < 4.78 is 0. The van der Waals surface area contributed by atoms with Gasteiger partial charge in [-0.15, -0.1) is 0 Å². The van der Waals surface area contributed by atoms with Gasteiger partial charge in [0, 0.05) is 22.8 Å². The summed E-state index contributed by atoms with van der Waals surface area (Å²) in [6, 6.07) is 25.5. The molecule has 0 spiro atoms. The molecule has 8 nitrogen and oxygen atoms in total. The Bertz CT molecular complexity index is 1190. The number of hydrazone groups is 1. The molecule has 0 unspecified atom stereocenters. The number of para-hydroxylation sites is 1. The Labute approximate surface area is 177 Å². The molecule has 0 atom stereocenters. The first kappa shape index (κ1) is 19.7. The largest absolute Gasteiger partial charge is 0.502 e. The van der Waals surface area contributed by atoms with Crippen molar-refractivity contribution in [2.75, 3.05) is 5.43 Å². The van der Waals surface area contributed by atoms with E-state index in [1.807, 2.05) is 66.7 Å². The van der Waals surface area contributed by atoms with Gasteiger partial charge in [-0.1, -0.05) is 66.7 Å². The molecule has 4 rings (SSSR count). The maximum absolute atomic E-state index is 11.0. The van der Waals surface area contributed by atoms with Crippen molar-refractivity contribution in [3.8, 4) is 28.3 Å². The number of hydrogen-bond acceptors (Lipinski definition) is 7. The Morgan fingerprint density at radius 3 is 2.00 bits per heavy atom. The van der Waals surface area contributed by atoms with Crippen LogP contribution in [-0.4, -0.2) is 26.2 Å². The van der Waals surface area contributed by atoms with E-state index in [-0.39, 0.29) is 11.5 Å². The topological polar surface area (TPSA) is 114 Å². The van der Waals surface area contributed by atoms with Crippen LogP contribution in [0.2, 0.25) is 0 Å². The van der Waals surface area contributed by atoms with Crippen LogP contribution < -0.4 is 5.43 Å². The number of benzene rings is 3. The zero-order valence-electron chi connectivity index (χ0n) is 16.2. The normalized spacial score (nSPS) is 10.8. The molecule has 0 aliphatic rings. The lowest BCUT2D eigenvalue weighted by Gasteiger charge is -2.08. The summed E-state index contributed by atoms with van der Waals surface area (Å²) in [5, 5.41) is 25.1. The lowest BCUT2D eigenvalue weighted by molar-refractivity contribution is -0.385. The minimum Gasteiger partial charge on any atom is -0.502 e. The highest BCUT2D eigenvalue weighted by atomic mass is 16.6. The Kier molecular flexibility index (Phi) is 5.62. The van der Waals surface area contributed by atoms with Gasteiger partial charge in [-0.25, -0.2) is 15.4 Å². The number of nitro groups is 1. The number of phenolic OH excluding ortho intramolecular Hbond substituents is 1. The number of rotatable bonds is 6. The van der Waals surface area contributed by atoms with Crippen molar-refractivity contribution in [3.05, 3.63) is 101 Å². The number of anilines is 1. The number of aromatic hydroxyl groups is 1. The van der Waals surface area contributed by atoms with E-state index in [1.165, 1.54) is 24.4 Å². The first-order valence-corrected chi connectivity index (χ1v) is 9.37. The third-order valence-corrected chi connectivity index (χ3v) is 4.48. The number of aromatic nitrogens is 2. The van der Waals surface area contributed by atoms with Crippen LogP contribution in [0.1, 0.15) is 5.56 Å². The number of nitro benzene ring substituents is 1. The summed E-state index contributed by atoms with van der Waals surface area (Å²) in [5.41, 5.74) is 5.83. The van der Waals surface area contributed by atoms with Crippen LogP contribution in [-0.2, 0) is 0 Å². The van der Waals surface area contributed by atoms with Gasteiger partial charge in [0.05, 0.1) is 22.5 Å². The average Bonchev–Trinajstić information content (AvgIpc) is 2.81. The zero-order valence-corrected chi connectivity index (χ0v) is 16.2. The Morgan fingerprint density at radius 2 is 1.45 bits per heavy atom. The summed E-state index contributed by atoms with van der Waals surface area (Å²) in [4.78, 5) is 19.4. The monoisotopic (exact) mass is 411 g/mol. The fraction of sp³-hybridized carbons (Fsp3) is 0. The van der Waals surface area contributed by atoms with Gasteiger partial charge >= 0.3 is 5.69 Å². The van der Waals surface area contributed by atoms with Crippen LogP contribution in [0.15, 0.2) is 90.0 Å². The molecule has 2 N–H and O–H groups in total. The van der Waals surface area contributed by atoms with Gasteiger partial charge in [0.1, 0.15) is 0 Å². The third kappa shape index (κ3) is 4.54. The van der Waals surface area contributed by atoms with Gasteiger partial charge in [-0.3, -0.25) is 10.1 Å². The molecule has 152 valence electrons. The molecule has 8 heteroatoms. The van der Waals surface area contributed by atoms with E-state index in [2.05, 4.69) is 20.5 Å². The third-order valence-electron chi connectivity index (χ3n) is 4.48. The fourth-order valence-electron chi connectivity index (χ4n) is 2.97. The molecule has 0 radical (unpaired) electrons. The van der Waals surface area contributed by atoms with Crippen LogP contribution in [0.25, 0.3) is 22.5 Å². The van der Waals surface area contributed by atoms with Crippen molar-refractivity contribution in [2.45, 2.75) is 0 Å². The van der Waals surface area contributed by atoms with E-state index < -0.39 is 16.4 Å². The Hall–Kier alpha value is -4.59. The van der Waals surface area contributed by atoms with E-state index in [9.17, 15) is 15.2 Å². The molecule has 0 fully saturated rings. The first-order valence-electron chi connectivity index (χ1n) is 9.37. The maximum Gasteiger partial charge on any atom is 0.311 e. The lowest BCUT2D eigenvalue weighted by atomic mass is 10.1. The predicted molar refractivity (Wildman–Crippen MR) is 119 cm³/mol. The van der Waals surface area contributed by atoms with Gasteiger partial charge in [0.2, 0.25) is 11.7 Å². The van der Waals surface area contributed by atoms with Crippen molar-refractivity contribution < 1.29 is 10.0 Å². The minimum atomic E-state index is -0.654. The van der Waals surface area contributed by atoms with Crippen LogP contribution in [0.5, 0.6) is 5.75 Å². The van der Waals surface area contributed by atoms with Gasteiger partial charge in [-0.05, 0) is 12.1 Å². The first-order chi connectivity index (χ1) is 15.1. The average molecular weight is 411 g/mol. The van der Waals surface area contributed by atoms with Gasteiger partial charge in [0.25, 0.3) is 0 Å². The highest BCUT2D eigenvalue weighted by Gasteiger charge is 2.15. The molecule has 0 bridgehead atoms. The highest BCUT2D eigenvalue weighted by Crippen LogP contribution is 2.28. The Balaban J connectivity index is 1.67. The SMILES string of the molecule is O=[N+]([O-])c1cccc(/C=N/Nc2nc(-c3ccccc3)cc(-c3ccccc3)n2)c1O. The van der Waals surface area contributed by atoms with Crippen LogP contribution in [0.3, 0.4) is 0 Å². The molecule has 0 aliphatic heterocycles. The summed E-state index contributed by atoms with van der Waals surface area (Å²) in [5.74, 6) is -0.205. The van der Waals surface area contributed by atoms with Gasteiger partial charge in [-0.2, -0.15) is 5.10 Å². The molecule has 1 heterocycles. The maximum atomic E-state index is 11.0. The smallest absolute Gasteiger partial charge is 0.311 e. The molecule has 4 aromatic rings. The molecule has 0 saturated heterocycles. The van der Waals surface area contributed by atoms with E-state index in [4.69, 9.17) is 0 Å². The number of nitrogens with one attached hydrogen (secondary N) is 1. The summed E-state index contributed by atoms with van der Waals surface area (Å²) in [7, 11) is 0. The number of phenols is 1. The summed E-state index contributed by atoms with van der Waals surface area (Å²) in [6.45, 7) is 0. The van der Waals surface area contributed by atoms with E-state index in [1.54, 1.807) is 0 Å². The predicted octanol–water partition coefficient (Wildman–Crippen LogP) is 4.87. The van der Waals surface area contributed by atoms with Crippen LogP contribution in [0.4, 0.5) is 11.6 Å². The second-order valence-electron chi connectivity index (χ2n) is 6.54. The molecule has 0 saturated carbocycles. The van der Waals surface area contributed by atoms with Crippen molar-refractivity contribution >= 4 is 17.9 Å². The molecule has 3 aromatic carbocycles. The fourth-order valence-corrected chi connectivity index (χ4v) is 2.97. The lowest BCUT2D eigenvalue weighted by Crippen LogP contribution is -2.00. The van der Waals surface area contributed by atoms with Crippen molar-refractivity contribution in [1.29, 1.82) is 0 Å². The van der Waals surface area contributed by atoms with Crippen molar-refractivity contribution in [2.24, 2.45) is 5.10 Å². The summed E-state index contributed by atoms with van der Waals surface area (Å²) in [6.07, 6.45) is 1.28. The molecule has 1 aromatic heterocycles. The molecular formula is C23H17N5O3. The number of hydrogen-bond donors (Lipinski definition) is 2. The molecule has 31 heavy (non-hydrogen) atoms. The highest BCUT2D eigenvalue weighted by molar-refractivity contribution is 5.86. The van der Waals surface area contributed by atoms with Gasteiger partial charge < -0.3 is 5.11 Å². The zero-order chi connectivity index (χ0) is 21.6. The van der Waals surface area contributed by atoms with Crippen molar-refractivity contribution in [3.63, 3.8) is 0 Å². The van der Waals surface area contributed by atoms with E-state index in [0.29, 0.717) is 11.4 Å². The van der Waals surface area contributed by atoms with Gasteiger partial charge in [0.15, 0.2) is 0 Å². The van der Waals surface area contributed by atoms with E-state index in [0.717, 1.165) is 11.1 Å². The van der Waals surface area contributed by atoms with Crippen LogP contribution >= 0.6 is 0 Å². The quantitative estimate of drug-likeness (QED) is 0.266. The molecular weight excluding hydrogens is 394 g/mol. The Morgan fingerprint density at radius 1 is 0.871 bits per heavy atom. The van der Waals surface area contributed by atoms with E-state index >= 15 is 0 Å². The summed E-state index contributed by atoms with van der Waals surface area (Å²) >= 11 is 0. The van der Waals surface area contributed by atoms with Crippen LogP contribution in [0, 0.1) is 10.1 Å². The van der Waals surface area contributed by atoms with Crippen molar-refractivity contribution in [1.82, 2.24) is 9.97 Å². The molecule has 0 aliphatic carbocycles. The number of nitrogens with zero attached hydrogens (tertiary/aromatic N) is 4. The second-order valence-corrected chi connectivity index (χ2v) is 6.54. The minimum absolute atomic E-state index is 0.198.